The van der Waals surface area contributed by atoms with Gasteiger partial charge in [-0.2, -0.15) is 9.63 Å². The van der Waals surface area contributed by atoms with E-state index >= 15 is 0 Å². The lowest BCUT2D eigenvalue weighted by Crippen LogP contribution is -2.10. The summed E-state index contributed by atoms with van der Waals surface area (Å²) >= 11 is 6.00. The zero-order chi connectivity index (χ0) is 18.8. The fourth-order valence-corrected chi connectivity index (χ4v) is 2.16. The number of hydrogen-bond acceptors (Lipinski definition) is 5. The highest BCUT2D eigenvalue weighted by Gasteiger charge is 2.12. The van der Waals surface area contributed by atoms with Crippen LogP contribution in [0.1, 0.15) is 12.5 Å². The van der Waals surface area contributed by atoms with Crippen LogP contribution in [0.4, 0.5) is 10.1 Å². The number of ether oxygens (including phenoxy) is 2. The lowest BCUT2D eigenvalue weighted by atomic mass is 10.2. The maximum absolute atomic E-state index is 13.5. The van der Waals surface area contributed by atoms with Crippen molar-refractivity contribution in [3.63, 3.8) is 0 Å². The van der Waals surface area contributed by atoms with E-state index in [1.54, 1.807) is 6.92 Å². The predicted molar refractivity (Wildman–Crippen MR) is 101 cm³/mol. The van der Waals surface area contributed by atoms with Crippen LogP contribution in [0.25, 0.3) is 6.08 Å². The first kappa shape index (κ1) is 19.5. The van der Waals surface area contributed by atoms with Crippen LogP contribution in [0.5, 0.6) is 5.75 Å². The topological polar surface area (TPSA) is 51.1 Å². The first-order valence-electron chi connectivity index (χ1n) is 7.90. The standard InChI is InChI=1S/C19H18ClFN2O3/c1-2-25-19(24)14-22-23(20)17-13-16(21)10-11-18(17)26-12-6-9-15-7-4-3-5-8-15/h3-11,13-14H,2,12H2,1H3/b9-6+,22-14+. The molecule has 0 saturated heterocycles. The molecule has 0 bridgehead atoms. The van der Waals surface area contributed by atoms with Crippen molar-refractivity contribution in [3.8, 4) is 5.75 Å². The molecule has 26 heavy (non-hydrogen) atoms. The number of rotatable bonds is 8. The van der Waals surface area contributed by atoms with Gasteiger partial charge in [-0.3, -0.25) is 0 Å². The summed E-state index contributed by atoms with van der Waals surface area (Å²) in [6.07, 6.45) is 4.63. The molecule has 136 valence electrons. The van der Waals surface area contributed by atoms with E-state index in [1.165, 1.54) is 12.1 Å². The Labute approximate surface area is 156 Å². The molecule has 0 aliphatic rings. The molecule has 2 rings (SSSR count). The average molecular weight is 377 g/mol. The van der Waals surface area contributed by atoms with E-state index < -0.39 is 11.8 Å². The summed E-state index contributed by atoms with van der Waals surface area (Å²) in [5.41, 5.74) is 1.20. The number of halogens is 2. The largest absolute Gasteiger partial charge is 0.487 e. The number of nitrogens with zero attached hydrogens (tertiary/aromatic N) is 2. The van der Waals surface area contributed by atoms with Crippen molar-refractivity contribution in [2.45, 2.75) is 6.92 Å². The van der Waals surface area contributed by atoms with Gasteiger partial charge in [0.05, 0.1) is 6.61 Å². The first-order chi connectivity index (χ1) is 12.6. The fraction of sp³-hybridized carbons (Fsp3) is 0.158. The Kier molecular flexibility index (Phi) is 7.64. The van der Waals surface area contributed by atoms with Gasteiger partial charge in [-0.1, -0.05) is 36.4 Å². The smallest absolute Gasteiger partial charge is 0.351 e. The maximum atomic E-state index is 13.5. The molecule has 0 unspecified atom stereocenters. The van der Waals surface area contributed by atoms with E-state index in [1.807, 2.05) is 42.5 Å². The second-order valence-electron chi connectivity index (χ2n) is 4.99. The molecular weight excluding hydrogens is 359 g/mol. The number of esters is 1. The number of carbonyl (C=O) groups is 1. The van der Waals surface area contributed by atoms with Gasteiger partial charge in [0.2, 0.25) is 0 Å². The maximum Gasteiger partial charge on any atom is 0.351 e. The third-order valence-electron chi connectivity index (χ3n) is 3.12. The fourth-order valence-electron chi connectivity index (χ4n) is 1.98. The first-order valence-corrected chi connectivity index (χ1v) is 8.24. The Morgan fingerprint density at radius 3 is 2.77 bits per heavy atom. The summed E-state index contributed by atoms with van der Waals surface area (Å²) < 4.78 is 24.7. The highest BCUT2D eigenvalue weighted by atomic mass is 35.5. The van der Waals surface area contributed by atoms with Crippen molar-refractivity contribution in [2.24, 2.45) is 5.10 Å². The average Bonchev–Trinajstić information content (AvgIpc) is 2.65. The molecule has 0 saturated carbocycles. The second kappa shape index (κ2) is 10.2. The van der Waals surface area contributed by atoms with Crippen LogP contribution in [0, 0.1) is 5.82 Å². The zero-order valence-electron chi connectivity index (χ0n) is 14.1. The predicted octanol–water partition coefficient (Wildman–Crippen LogP) is 4.43. The van der Waals surface area contributed by atoms with E-state index in [4.69, 9.17) is 21.3 Å². The van der Waals surface area contributed by atoms with E-state index in [2.05, 4.69) is 5.10 Å². The molecule has 0 fully saturated rings. The molecule has 0 heterocycles. The Balaban J connectivity index is 2.04. The molecule has 2 aromatic carbocycles. The molecular formula is C19H18ClFN2O3. The van der Waals surface area contributed by atoms with Crippen molar-refractivity contribution >= 4 is 35.7 Å². The number of benzene rings is 2. The van der Waals surface area contributed by atoms with Gasteiger partial charge in [0.15, 0.2) is 0 Å². The van der Waals surface area contributed by atoms with E-state index in [0.29, 0.717) is 5.75 Å². The van der Waals surface area contributed by atoms with Crippen LogP contribution >= 0.6 is 11.8 Å². The molecule has 0 amide bonds. The number of hydrazone groups is 1. The van der Waals surface area contributed by atoms with Crippen LogP contribution in [-0.2, 0) is 9.53 Å². The molecule has 7 heteroatoms. The Bertz CT molecular complexity index is 782. The SMILES string of the molecule is CCOC(=O)/C=N/N(Cl)c1cc(F)ccc1OC/C=C/c1ccccc1. The molecule has 0 aliphatic carbocycles. The van der Waals surface area contributed by atoms with Gasteiger partial charge < -0.3 is 9.47 Å². The minimum absolute atomic E-state index is 0.167. The van der Waals surface area contributed by atoms with Gasteiger partial charge in [-0.05, 0) is 30.7 Å². The molecule has 0 radical (unpaired) electrons. The highest BCUT2D eigenvalue weighted by Crippen LogP contribution is 2.30. The van der Waals surface area contributed by atoms with Crippen molar-refractivity contribution in [1.29, 1.82) is 0 Å². The van der Waals surface area contributed by atoms with Crippen LogP contribution in [0.2, 0.25) is 0 Å². The summed E-state index contributed by atoms with van der Waals surface area (Å²) in [5.74, 6) is -0.841. The van der Waals surface area contributed by atoms with Gasteiger partial charge in [-0.25, -0.2) is 9.18 Å². The van der Waals surface area contributed by atoms with Gasteiger partial charge in [0.1, 0.15) is 30.1 Å². The Morgan fingerprint density at radius 1 is 1.27 bits per heavy atom. The Hall–Kier alpha value is -2.86. The van der Waals surface area contributed by atoms with Gasteiger partial charge in [0.25, 0.3) is 0 Å². The third-order valence-corrected chi connectivity index (χ3v) is 3.39. The molecule has 0 aliphatic heterocycles. The minimum atomic E-state index is -0.650. The second-order valence-corrected chi connectivity index (χ2v) is 5.31. The van der Waals surface area contributed by atoms with Crippen LogP contribution in [0.3, 0.4) is 0 Å². The quantitative estimate of drug-likeness (QED) is 0.296. The van der Waals surface area contributed by atoms with Gasteiger partial charge in [-0.15, -0.1) is 0 Å². The summed E-state index contributed by atoms with van der Waals surface area (Å²) in [6.45, 7) is 2.14. The normalized spacial score (nSPS) is 11.0. The number of carbonyl (C=O) groups excluding carboxylic acids is 1. The summed E-state index contributed by atoms with van der Waals surface area (Å²) in [7, 11) is 0. The monoisotopic (exact) mass is 376 g/mol. The number of anilines is 1. The van der Waals surface area contributed by atoms with Crippen molar-refractivity contribution < 1.29 is 18.7 Å². The van der Waals surface area contributed by atoms with Crippen LogP contribution in [0.15, 0.2) is 59.7 Å². The van der Waals surface area contributed by atoms with E-state index in [9.17, 15) is 9.18 Å². The summed E-state index contributed by atoms with van der Waals surface area (Å²) in [6, 6.07) is 13.6. The van der Waals surface area contributed by atoms with Crippen molar-refractivity contribution in [1.82, 2.24) is 0 Å². The van der Waals surface area contributed by atoms with Crippen LogP contribution < -0.4 is 9.26 Å². The minimum Gasteiger partial charge on any atom is -0.487 e. The number of hydrogen-bond donors (Lipinski definition) is 0. The van der Waals surface area contributed by atoms with Crippen molar-refractivity contribution in [2.75, 3.05) is 17.7 Å². The van der Waals surface area contributed by atoms with Gasteiger partial charge >= 0.3 is 5.97 Å². The molecule has 0 aromatic heterocycles. The molecule has 2 aromatic rings. The van der Waals surface area contributed by atoms with E-state index in [0.717, 1.165) is 22.4 Å². The molecule has 0 spiro atoms. The zero-order valence-corrected chi connectivity index (χ0v) is 14.9. The molecule has 0 N–H and O–H groups in total. The van der Waals surface area contributed by atoms with Crippen molar-refractivity contribution in [3.05, 3.63) is 66.0 Å². The molecule has 5 nitrogen and oxygen atoms in total. The Morgan fingerprint density at radius 2 is 2.04 bits per heavy atom. The summed E-state index contributed by atoms with van der Waals surface area (Å²) in [4.78, 5) is 11.3. The van der Waals surface area contributed by atoms with Crippen LogP contribution in [-0.4, -0.2) is 25.4 Å². The highest BCUT2D eigenvalue weighted by molar-refractivity contribution is 6.29. The molecule has 0 atom stereocenters. The third kappa shape index (κ3) is 6.22. The summed E-state index contributed by atoms with van der Waals surface area (Å²) in [5, 5.41) is 3.73. The lowest BCUT2D eigenvalue weighted by Gasteiger charge is -2.14. The van der Waals surface area contributed by atoms with E-state index in [-0.39, 0.29) is 18.9 Å². The lowest BCUT2D eigenvalue weighted by molar-refractivity contribution is -0.134. The van der Waals surface area contributed by atoms with Gasteiger partial charge in [0, 0.05) is 17.8 Å².